The van der Waals surface area contributed by atoms with Crippen LogP contribution < -0.4 is 5.73 Å². The van der Waals surface area contributed by atoms with Crippen molar-refractivity contribution in [2.24, 2.45) is 5.73 Å². The Hall–Kier alpha value is -1.22. The first-order valence-electron chi connectivity index (χ1n) is 5.42. The lowest BCUT2D eigenvalue weighted by molar-refractivity contribution is 0.446. The summed E-state index contributed by atoms with van der Waals surface area (Å²) in [5.74, 6) is 0.131. The molecule has 0 aliphatic rings. The molecule has 84 valence electrons. The van der Waals surface area contributed by atoms with Gasteiger partial charge in [-0.25, -0.2) is 0 Å². The van der Waals surface area contributed by atoms with Crippen LogP contribution in [0.15, 0.2) is 18.2 Å². The predicted octanol–water partition coefficient (Wildman–Crippen LogP) is 2.68. The van der Waals surface area contributed by atoms with Gasteiger partial charge in [0.05, 0.1) is 0 Å². The lowest BCUT2D eigenvalue weighted by atomic mass is 10.0. The highest BCUT2D eigenvalue weighted by atomic mass is 16.3. The zero-order chi connectivity index (χ0) is 11.3. The minimum Gasteiger partial charge on any atom is -0.508 e. The van der Waals surface area contributed by atoms with Gasteiger partial charge in [0, 0.05) is 12.1 Å². The maximum Gasteiger partial charge on any atom is 0.119 e. The van der Waals surface area contributed by atoms with Crippen LogP contribution >= 0.6 is 0 Å². The molecule has 3 heteroatoms. The Morgan fingerprint density at radius 1 is 1.13 bits per heavy atom. The smallest absolute Gasteiger partial charge is 0.119 e. The summed E-state index contributed by atoms with van der Waals surface area (Å²) in [7, 11) is 0. The van der Waals surface area contributed by atoms with Gasteiger partial charge in [-0.05, 0) is 24.1 Å². The number of hydrogen-bond acceptors (Lipinski definition) is 3. The maximum absolute atomic E-state index is 9.30. The summed E-state index contributed by atoms with van der Waals surface area (Å²) in [6.07, 6.45) is 4.29. The van der Waals surface area contributed by atoms with Gasteiger partial charge < -0.3 is 15.9 Å². The maximum atomic E-state index is 9.30. The Morgan fingerprint density at radius 2 is 1.73 bits per heavy atom. The van der Waals surface area contributed by atoms with Crippen LogP contribution in [0.25, 0.3) is 0 Å². The molecule has 0 spiro atoms. The van der Waals surface area contributed by atoms with Crippen LogP contribution in [0.5, 0.6) is 11.5 Å². The number of aromatic hydroxyl groups is 2. The van der Waals surface area contributed by atoms with Crippen molar-refractivity contribution in [2.75, 3.05) is 0 Å². The fourth-order valence-corrected chi connectivity index (χ4v) is 1.61. The molecule has 0 fully saturated rings. The molecule has 1 aromatic rings. The summed E-state index contributed by atoms with van der Waals surface area (Å²) >= 11 is 0. The molecule has 0 saturated carbocycles. The summed E-state index contributed by atoms with van der Waals surface area (Å²) in [5.41, 5.74) is 6.75. The molecule has 0 aliphatic heterocycles. The molecule has 0 aromatic heterocycles. The fourth-order valence-electron chi connectivity index (χ4n) is 1.61. The quantitative estimate of drug-likeness (QED) is 0.653. The van der Waals surface area contributed by atoms with Gasteiger partial charge in [0.15, 0.2) is 0 Å². The van der Waals surface area contributed by atoms with Crippen molar-refractivity contribution in [1.29, 1.82) is 0 Å². The second kappa shape index (κ2) is 5.61. The molecule has 0 aliphatic carbocycles. The van der Waals surface area contributed by atoms with E-state index in [-0.39, 0.29) is 17.5 Å². The third-order valence-electron chi connectivity index (χ3n) is 2.47. The number of rotatable bonds is 5. The standard InChI is InChI=1S/C12H19NO2/c1-2-3-4-5-12(13)9-6-10(14)8-11(15)7-9/h6-8,12,14-15H,2-5,13H2,1H3/t12-/m1/s1. The van der Waals surface area contributed by atoms with E-state index in [1.165, 1.54) is 12.5 Å². The molecule has 0 saturated heterocycles. The predicted molar refractivity (Wildman–Crippen MR) is 60.8 cm³/mol. The van der Waals surface area contributed by atoms with Crippen molar-refractivity contribution in [3.05, 3.63) is 23.8 Å². The van der Waals surface area contributed by atoms with Crippen LogP contribution in [0.3, 0.4) is 0 Å². The SMILES string of the molecule is CCCCC[C@@H](N)c1cc(O)cc(O)c1. The number of benzene rings is 1. The summed E-state index contributed by atoms with van der Waals surface area (Å²) in [6.45, 7) is 2.14. The van der Waals surface area contributed by atoms with Gasteiger partial charge in [-0.15, -0.1) is 0 Å². The molecule has 15 heavy (non-hydrogen) atoms. The van der Waals surface area contributed by atoms with Crippen molar-refractivity contribution < 1.29 is 10.2 Å². The highest BCUT2D eigenvalue weighted by molar-refractivity contribution is 5.37. The third kappa shape index (κ3) is 3.80. The first-order chi connectivity index (χ1) is 7.13. The first kappa shape index (κ1) is 11.9. The molecular formula is C12H19NO2. The van der Waals surface area contributed by atoms with E-state index in [2.05, 4.69) is 6.92 Å². The van der Waals surface area contributed by atoms with Crippen molar-refractivity contribution in [3.63, 3.8) is 0 Å². The average Bonchev–Trinajstić information content (AvgIpc) is 2.16. The lowest BCUT2D eigenvalue weighted by Crippen LogP contribution is -2.09. The topological polar surface area (TPSA) is 66.5 Å². The van der Waals surface area contributed by atoms with E-state index in [1.54, 1.807) is 12.1 Å². The highest BCUT2D eigenvalue weighted by Crippen LogP contribution is 2.26. The van der Waals surface area contributed by atoms with Crippen LogP contribution in [0.1, 0.15) is 44.2 Å². The number of phenols is 2. The highest BCUT2D eigenvalue weighted by Gasteiger charge is 2.07. The van der Waals surface area contributed by atoms with E-state index in [9.17, 15) is 10.2 Å². The molecule has 4 N–H and O–H groups in total. The van der Waals surface area contributed by atoms with E-state index >= 15 is 0 Å². The van der Waals surface area contributed by atoms with Gasteiger partial charge in [0.25, 0.3) is 0 Å². The monoisotopic (exact) mass is 209 g/mol. The number of unbranched alkanes of at least 4 members (excludes halogenated alkanes) is 2. The lowest BCUT2D eigenvalue weighted by Gasteiger charge is -2.12. The van der Waals surface area contributed by atoms with Crippen LogP contribution in [0.2, 0.25) is 0 Å². The van der Waals surface area contributed by atoms with Crippen molar-refractivity contribution in [2.45, 2.75) is 38.6 Å². The van der Waals surface area contributed by atoms with E-state index < -0.39 is 0 Å². The summed E-state index contributed by atoms with van der Waals surface area (Å²) in [4.78, 5) is 0. The summed E-state index contributed by atoms with van der Waals surface area (Å²) in [6, 6.07) is 4.42. The van der Waals surface area contributed by atoms with Crippen molar-refractivity contribution in [3.8, 4) is 11.5 Å². The average molecular weight is 209 g/mol. The van der Waals surface area contributed by atoms with E-state index in [1.807, 2.05) is 0 Å². The second-order valence-electron chi connectivity index (χ2n) is 3.89. The van der Waals surface area contributed by atoms with Gasteiger partial charge in [-0.2, -0.15) is 0 Å². The second-order valence-corrected chi connectivity index (χ2v) is 3.89. The van der Waals surface area contributed by atoms with Crippen LogP contribution in [-0.4, -0.2) is 10.2 Å². The van der Waals surface area contributed by atoms with Gasteiger partial charge in [0.2, 0.25) is 0 Å². The van der Waals surface area contributed by atoms with E-state index in [4.69, 9.17) is 5.73 Å². The molecule has 1 atom stereocenters. The zero-order valence-corrected chi connectivity index (χ0v) is 9.11. The number of phenolic OH excluding ortho intramolecular Hbond substituents is 2. The van der Waals surface area contributed by atoms with Gasteiger partial charge >= 0.3 is 0 Å². The largest absolute Gasteiger partial charge is 0.508 e. The molecule has 1 rings (SSSR count). The van der Waals surface area contributed by atoms with Gasteiger partial charge in [-0.3, -0.25) is 0 Å². The number of hydrogen-bond donors (Lipinski definition) is 3. The van der Waals surface area contributed by atoms with Crippen LogP contribution in [-0.2, 0) is 0 Å². The Bertz CT molecular complexity index is 292. The Balaban J connectivity index is 2.60. The van der Waals surface area contributed by atoms with Crippen molar-refractivity contribution >= 4 is 0 Å². The summed E-state index contributed by atoms with van der Waals surface area (Å²) in [5, 5.41) is 18.6. The van der Waals surface area contributed by atoms with Crippen molar-refractivity contribution in [1.82, 2.24) is 0 Å². The van der Waals surface area contributed by atoms with E-state index in [0.717, 1.165) is 24.8 Å². The minimum atomic E-state index is -0.102. The molecule has 0 heterocycles. The normalized spacial score (nSPS) is 12.7. The molecule has 0 unspecified atom stereocenters. The molecule has 3 nitrogen and oxygen atoms in total. The third-order valence-corrected chi connectivity index (χ3v) is 2.47. The molecule has 0 amide bonds. The molecular weight excluding hydrogens is 190 g/mol. The Morgan fingerprint density at radius 3 is 2.27 bits per heavy atom. The minimum absolute atomic E-state index is 0.0657. The van der Waals surface area contributed by atoms with Crippen LogP contribution in [0.4, 0.5) is 0 Å². The summed E-state index contributed by atoms with van der Waals surface area (Å²) < 4.78 is 0. The number of nitrogens with two attached hydrogens (primary N) is 1. The van der Waals surface area contributed by atoms with Gasteiger partial charge in [0.1, 0.15) is 11.5 Å². The van der Waals surface area contributed by atoms with E-state index in [0.29, 0.717) is 0 Å². The molecule has 1 aromatic carbocycles. The zero-order valence-electron chi connectivity index (χ0n) is 9.11. The fraction of sp³-hybridized carbons (Fsp3) is 0.500. The first-order valence-corrected chi connectivity index (χ1v) is 5.42. The Labute approximate surface area is 90.5 Å². The van der Waals surface area contributed by atoms with Gasteiger partial charge in [-0.1, -0.05) is 26.2 Å². The Kier molecular flexibility index (Phi) is 4.43. The molecule has 0 bridgehead atoms. The molecule has 0 radical (unpaired) electrons. The van der Waals surface area contributed by atoms with Crippen LogP contribution in [0, 0.1) is 0 Å².